The first-order valence-electron chi connectivity index (χ1n) is 4.11. The molecule has 0 unspecified atom stereocenters. The molecule has 0 fully saturated rings. The molecular formula is C9H20SiSn. The average Bonchev–Trinajstić information content (AvgIpc) is 1.83. The Morgan fingerprint density at radius 2 is 1.64 bits per heavy atom. The van der Waals surface area contributed by atoms with Gasteiger partial charge in [0.05, 0.1) is 0 Å². The summed E-state index contributed by atoms with van der Waals surface area (Å²) in [5, 5.41) is 0. The third-order valence-electron chi connectivity index (χ3n) is 1.54. The van der Waals surface area contributed by atoms with E-state index < -0.39 is 26.5 Å². The van der Waals surface area contributed by atoms with Crippen LogP contribution >= 0.6 is 0 Å². The molecule has 0 saturated carbocycles. The van der Waals surface area contributed by atoms with Gasteiger partial charge in [-0.2, -0.15) is 0 Å². The molecule has 2 heteroatoms. The van der Waals surface area contributed by atoms with E-state index in [1.807, 2.05) is 0 Å². The van der Waals surface area contributed by atoms with E-state index in [-0.39, 0.29) is 0 Å². The normalized spacial score (nSPS) is 13.9. The van der Waals surface area contributed by atoms with Crippen molar-refractivity contribution in [3.8, 4) is 0 Å². The summed E-state index contributed by atoms with van der Waals surface area (Å²) in [6.45, 7) is 8.52. The van der Waals surface area contributed by atoms with Crippen LogP contribution in [0.5, 0.6) is 0 Å². The molecule has 0 aliphatic rings. The molecule has 0 aromatic carbocycles. The summed E-state index contributed by atoms with van der Waals surface area (Å²) in [4.78, 5) is 7.29. The maximum absolute atomic E-state index is 3.87. The van der Waals surface area contributed by atoms with Crippen LogP contribution in [-0.2, 0) is 0 Å². The molecule has 0 aliphatic heterocycles. The van der Waals surface area contributed by atoms with Crippen molar-refractivity contribution in [3.63, 3.8) is 0 Å². The second-order valence-corrected chi connectivity index (χ2v) is 23.6. The molecule has 11 heavy (non-hydrogen) atoms. The predicted octanol–water partition coefficient (Wildman–Crippen LogP) is 3.39. The Hall–Kier alpha value is 0.496. The van der Waals surface area contributed by atoms with E-state index in [1.54, 1.807) is 0 Å². The number of rotatable bonds is 3. The molecule has 0 amide bonds. The molecule has 0 rings (SSSR count). The molecule has 0 nitrogen and oxygen atoms in total. The van der Waals surface area contributed by atoms with Crippen LogP contribution in [0.1, 0.15) is 0 Å². The fourth-order valence-electron chi connectivity index (χ4n) is 0.533. The van der Waals surface area contributed by atoms with E-state index in [0.717, 1.165) is 0 Å². The van der Waals surface area contributed by atoms with Crippen LogP contribution in [0.4, 0.5) is 0 Å². The van der Waals surface area contributed by atoms with Gasteiger partial charge in [0, 0.05) is 0 Å². The second-order valence-electron chi connectivity index (χ2n) is 4.72. The van der Waals surface area contributed by atoms with E-state index >= 15 is 0 Å². The third kappa shape index (κ3) is 6.88. The molecule has 0 saturated heterocycles. The SMILES string of the molecule is C=C[Si](C)(C)C=[CH][Sn]([CH3])([CH3])[CH3]. The maximum atomic E-state index is 3.87. The summed E-state index contributed by atoms with van der Waals surface area (Å²) >= 11 is -1.64. The standard InChI is InChI=1S/C6H11Si.3CH3.Sn/c1-5-7(3,4)6-2;;;;/h1,5-6H,2H2,3-4H3;3*1H3;. The molecule has 0 aromatic rings. The second kappa shape index (κ2) is 3.94. The van der Waals surface area contributed by atoms with E-state index in [9.17, 15) is 0 Å². The van der Waals surface area contributed by atoms with Crippen molar-refractivity contribution >= 4 is 26.5 Å². The van der Waals surface area contributed by atoms with Crippen LogP contribution in [0.25, 0.3) is 0 Å². The summed E-state index contributed by atoms with van der Waals surface area (Å²) in [7, 11) is -1.15. The van der Waals surface area contributed by atoms with E-state index in [2.05, 4.69) is 50.0 Å². The van der Waals surface area contributed by atoms with Crippen LogP contribution in [0, 0.1) is 0 Å². The van der Waals surface area contributed by atoms with Gasteiger partial charge in [-0.1, -0.05) is 0 Å². The van der Waals surface area contributed by atoms with Crippen LogP contribution < -0.4 is 0 Å². The first-order valence-corrected chi connectivity index (χ1v) is 17.5. The molecule has 0 heterocycles. The zero-order chi connectivity index (χ0) is 9.12. The number of hydrogen-bond donors (Lipinski definition) is 0. The van der Waals surface area contributed by atoms with Crippen molar-refractivity contribution in [2.75, 3.05) is 0 Å². The topological polar surface area (TPSA) is 0 Å². The molecule has 0 N–H and O–H groups in total. The first-order chi connectivity index (χ1) is 4.77. The summed E-state index contributed by atoms with van der Waals surface area (Å²) in [5.41, 5.74) is 4.58. The van der Waals surface area contributed by atoms with Gasteiger partial charge in [-0.3, -0.25) is 0 Å². The molecule has 0 aliphatic carbocycles. The van der Waals surface area contributed by atoms with Gasteiger partial charge < -0.3 is 0 Å². The van der Waals surface area contributed by atoms with Crippen LogP contribution in [-0.4, -0.2) is 26.5 Å². The minimum atomic E-state index is -1.64. The molecule has 0 bridgehead atoms. The van der Waals surface area contributed by atoms with Crippen molar-refractivity contribution < 1.29 is 0 Å². The monoisotopic (exact) mass is 276 g/mol. The van der Waals surface area contributed by atoms with Gasteiger partial charge in [0.2, 0.25) is 0 Å². The van der Waals surface area contributed by atoms with Crippen molar-refractivity contribution in [1.29, 1.82) is 0 Å². The molecular weight excluding hydrogens is 255 g/mol. The number of hydrogen-bond acceptors (Lipinski definition) is 0. The molecule has 0 spiro atoms. The average molecular weight is 275 g/mol. The Kier molecular flexibility index (Phi) is 4.12. The van der Waals surface area contributed by atoms with Crippen LogP contribution in [0.2, 0.25) is 27.9 Å². The summed E-state index contributed by atoms with van der Waals surface area (Å²) in [6.07, 6.45) is 0. The fourth-order valence-corrected chi connectivity index (χ4v) is 9.56. The molecule has 64 valence electrons. The van der Waals surface area contributed by atoms with Gasteiger partial charge in [-0.05, 0) is 0 Å². The van der Waals surface area contributed by atoms with Gasteiger partial charge >= 0.3 is 76.4 Å². The Morgan fingerprint density at radius 1 is 1.18 bits per heavy atom. The van der Waals surface area contributed by atoms with Gasteiger partial charge in [-0.25, -0.2) is 0 Å². The van der Waals surface area contributed by atoms with Crippen molar-refractivity contribution in [2.45, 2.75) is 27.9 Å². The fraction of sp³-hybridized carbons (Fsp3) is 0.556. The quantitative estimate of drug-likeness (QED) is 0.692. The first kappa shape index (κ1) is 11.5. The summed E-state index contributed by atoms with van der Waals surface area (Å²) in [6, 6.07) is 0. The Morgan fingerprint density at radius 3 is 1.91 bits per heavy atom. The zero-order valence-corrected chi connectivity index (χ0v) is 12.3. The van der Waals surface area contributed by atoms with Crippen molar-refractivity contribution in [1.82, 2.24) is 0 Å². The van der Waals surface area contributed by atoms with Crippen LogP contribution in [0.15, 0.2) is 22.1 Å². The molecule has 0 radical (unpaired) electrons. The van der Waals surface area contributed by atoms with Gasteiger partial charge in [0.1, 0.15) is 0 Å². The molecule has 0 atom stereocenters. The molecule has 0 aromatic heterocycles. The predicted molar refractivity (Wildman–Crippen MR) is 60.2 cm³/mol. The minimum absolute atomic E-state index is 1.15. The summed E-state index contributed by atoms with van der Waals surface area (Å²) < 4.78 is 2.50. The van der Waals surface area contributed by atoms with Crippen molar-refractivity contribution in [3.05, 3.63) is 22.1 Å². The Labute approximate surface area is 76.3 Å². The van der Waals surface area contributed by atoms with E-state index in [4.69, 9.17) is 0 Å². The zero-order valence-electron chi connectivity index (χ0n) is 8.44. The van der Waals surface area contributed by atoms with Crippen LogP contribution in [0.3, 0.4) is 0 Å². The Balaban J connectivity index is 4.24. The van der Waals surface area contributed by atoms with Gasteiger partial charge in [0.25, 0.3) is 0 Å². The van der Waals surface area contributed by atoms with Gasteiger partial charge in [0.15, 0.2) is 0 Å². The Bertz CT molecular complexity index is 163. The van der Waals surface area contributed by atoms with Crippen molar-refractivity contribution in [2.24, 2.45) is 0 Å². The van der Waals surface area contributed by atoms with Gasteiger partial charge in [-0.15, -0.1) is 0 Å². The third-order valence-corrected chi connectivity index (χ3v) is 7.90. The van der Waals surface area contributed by atoms with E-state index in [1.165, 1.54) is 0 Å². The van der Waals surface area contributed by atoms with E-state index in [0.29, 0.717) is 0 Å². The summed E-state index contributed by atoms with van der Waals surface area (Å²) in [5.74, 6) is 0.